The van der Waals surface area contributed by atoms with E-state index in [4.69, 9.17) is 5.11 Å². The first kappa shape index (κ1) is 20.7. The molecule has 3 N–H and O–H groups in total. The van der Waals surface area contributed by atoms with Crippen LogP contribution in [0, 0.1) is 5.82 Å². The number of nitrogens with one attached hydrogen (secondary N) is 1. The van der Waals surface area contributed by atoms with Crippen LogP contribution >= 0.6 is 0 Å². The first-order chi connectivity index (χ1) is 13.9. The van der Waals surface area contributed by atoms with Crippen LogP contribution < -0.4 is 10.5 Å². The molecule has 1 saturated heterocycles. The summed E-state index contributed by atoms with van der Waals surface area (Å²) >= 11 is 0. The van der Waals surface area contributed by atoms with Gasteiger partial charge in [0, 0.05) is 46.3 Å². The molecule has 0 unspecified atom stereocenters. The lowest BCUT2D eigenvalue weighted by Gasteiger charge is -2.34. The number of nitrogens with zero attached hydrogens (tertiary/aromatic N) is 4. The molecule has 0 atom stereocenters. The molecule has 0 bridgehead atoms. The lowest BCUT2D eigenvalue weighted by atomic mass is 10.2. The molecule has 3 rings (SSSR count). The van der Waals surface area contributed by atoms with Crippen molar-refractivity contribution in [1.29, 1.82) is 0 Å². The van der Waals surface area contributed by atoms with Crippen molar-refractivity contribution in [3.8, 4) is 5.75 Å². The molecule has 0 radical (unpaired) electrons. The van der Waals surface area contributed by atoms with Crippen molar-refractivity contribution in [2.45, 2.75) is 6.54 Å². The number of aromatic hydroxyl groups is 1. The minimum absolute atomic E-state index is 0.0767. The van der Waals surface area contributed by atoms with Crippen molar-refractivity contribution in [2.75, 3.05) is 51.3 Å². The molecule has 10 heteroatoms. The number of aliphatic hydroxyl groups excluding tert-OH is 1. The van der Waals surface area contributed by atoms with Crippen LogP contribution in [-0.2, 0) is 6.54 Å². The number of aromatic amines is 1. The average molecular weight is 405 g/mol. The molecule has 1 aliphatic heterocycles. The normalized spacial score (nSPS) is 14.8. The van der Waals surface area contributed by atoms with Crippen LogP contribution in [0.3, 0.4) is 0 Å². The van der Waals surface area contributed by atoms with Gasteiger partial charge in [-0.3, -0.25) is 19.5 Å². The summed E-state index contributed by atoms with van der Waals surface area (Å²) in [7, 11) is 1.52. The largest absolute Gasteiger partial charge is 0.501 e. The molecule has 9 nitrogen and oxygen atoms in total. The lowest BCUT2D eigenvalue weighted by Crippen LogP contribution is -2.48. The summed E-state index contributed by atoms with van der Waals surface area (Å²) in [6.45, 7) is 3.30. The van der Waals surface area contributed by atoms with E-state index in [1.54, 1.807) is 12.1 Å². The number of H-pyrrole nitrogens is 1. The molecular weight excluding hydrogens is 381 g/mol. The van der Waals surface area contributed by atoms with Gasteiger partial charge in [0.2, 0.25) is 11.7 Å². The smallest absolute Gasteiger partial charge is 0.295 e. The third-order valence-corrected chi connectivity index (χ3v) is 4.85. The number of carbonyl (C=O) groups is 1. The maximum Gasteiger partial charge on any atom is 0.295 e. The fourth-order valence-electron chi connectivity index (χ4n) is 3.19. The molecule has 1 aromatic heterocycles. The number of anilines is 1. The zero-order chi connectivity index (χ0) is 21.0. The van der Waals surface area contributed by atoms with E-state index in [0.717, 1.165) is 0 Å². The highest BCUT2D eigenvalue weighted by atomic mass is 19.1. The maximum atomic E-state index is 13.1. The summed E-state index contributed by atoms with van der Waals surface area (Å²) in [5.41, 5.74) is -0.413. The number of rotatable bonds is 6. The number of hydrogen-bond donors (Lipinski definition) is 3. The van der Waals surface area contributed by atoms with Crippen molar-refractivity contribution in [3.05, 3.63) is 51.7 Å². The number of aromatic nitrogens is 2. The number of halogens is 1. The lowest BCUT2D eigenvalue weighted by molar-refractivity contribution is 0.0775. The Bertz CT molecular complexity index is 910. The highest BCUT2D eigenvalue weighted by Crippen LogP contribution is 2.17. The fourth-order valence-corrected chi connectivity index (χ4v) is 3.19. The topological polar surface area (TPSA) is 113 Å². The molecule has 156 valence electrons. The van der Waals surface area contributed by atoms with Gasteiger partial charge in [-0.15, -0.1) is 0 Å². The Labute approximate surface area is 167 Å². The number of piperazine rings is 1. The molecule has 1 amide bonds. The van der Waals surface area contributed by atoms with Crippen LogP contribution in [0.25, 0.3) is 0 Å². The monoisotopic (exact) mass is 405 g/mol. The van der Waals surface area contributed by atoms with E-state index in [2.05, 4.69) is 14.9 Å². The highest BCUT2D eigenvalue weighted by Gasteiger charge is 2.25. The fraction of sp³-hybridized carbons (Fsp3) is 0.421. The Morgan fingerprint density at radius 3 is 2.52 bits per heavy atom. The average Bonchev–Trinajstić information content (AvgIpc) is 2.72. The van der Waals surface area contributed by atoms with Crippen molar-refractivity contribution >= 4 is 11.9 Å². The van der Waals surface area contributed by atoms with Gasteiger partial charge in [-0.2, -0.15) is 0 Å². The van der Waals surface area contributed by atoms with Gasteiger partial charge >= 0.3 is 0 Å². The van der Waals surface area contributed by atoms with E-state index in [0.29, 0.717) is 38.3 Å². The Morgan fingerprint density at radius 2 is 1.90 bits per heavy atom. The van der Waals surface area contributed by atoms with E-state index in [9.17, 15) is 19.1 Å². The molecule has 29 heavy (non-hydrogen) atoms. The van der Waals surface area contributed by atoms with Gasteiger partial charge in [0.25, 0.3) is 11.5 Å². The van der Waals surface area contributed by atoms with E-state index in [1.807, 2.05) is 4.90 Å². The quantitative estimate of drug-likeness (QED) is 0.620. The minimum Gasteiger partial charge on any atom is -0.501 e. The summed E-state index contributed by atoms with van der Waals surface area (Å²) in [6.07, 6.45) is 0. The predicted octanol–water partition coefficient (Wildman–Crippen LogP) is 0.00110. The highest BCUT2D eigenvalue weighted by molar-refractivity contribution is 5.94. The number of aliphatic hydroxyl groups is 1. The second-order valence-electron chi connectivity index (χ2n) is 6.93. The van der Waals surface area contributed by atoms with Crippen LogP contribution in [0.5, 0.6) is 5.75 Å². The van der Waals surface area contributed by atoms with E-state index in [1.165, 1.54) is 24.1 Å². The van der Waals surface area contributed by atoms with Crippen molar-refractivity contribution in [2.24, 2.45) is 0 Å². The molecule has 1 aliphatic rings. The summed E-state index contributed by atoms with van der Waals surface area (Å²) in [6, 6.07) is 5.71. The zero-order valence-electron chi connectivity index (χ0n) is 16.1. The Kier molecular flexibility index (Phi) is 6.45. The van der Waals surface area contributed by atoms with Gasteiger partial charge < -0.3 is 20.0 Å². The first-order valence-corrected chi connectivity index (χ1v) is 9.30. The zero-order valence-corrected chi connectivity index (χ0v) is 16.1. The molecule has 0 saturated carbocycles. The van der Waals surface area contributed by atoms with Gasteiger partial charge in [-0.1, -0.05) is 12.1 Å². The van der Waals surface area contributed by atoms with Gasteiger partial charge in [0.15, 0.2) is 5.69 Å². The van der Waals surface area contributed by atoms with Crippen LogP contribution in [0.2, 0.25) is 0 Å². The van der Waals surface area contributed by atoms with Gasteiger partial charge in [0.1, 0.15) is 5.82 Å². The van der Waals surface area contributed by atoms with E-state index < -0.39 is 17.2 Å². The van der Waals surface area contributed by atoms with Gasteiger partial charge in [-0.05, 0) is 17.7 Å². The third kappa shape index (κ3) is 4.90. The number of hydrogen-bond acceptors (Lipinski definition) is 7. The van der Waals surface area contributed by atoms with Crippen molar-refractivity contribution in [1.82, 2.24) is 19.8 Å². The van der Waals surface area contributed by atoms with Gasteiger partial charge in [-0.25, -0.2) is 9.37 Å². The van der Waals surface area contributed by atoms with Crippen molar-refractivity contribution < 1.29 is 19.4 Å². The molecule has 1 fully saturated rings. The second-order valence-corrected chi connectivity index (χ2v) is 6.93. The number of carbonyl (C=O) groups excluding carboxylic acids is 1. The van der Waals surface area contributed by atoms with E-state index in [-0.39, 0.29) is 30.6 Å². The van der Waals surface area contributed by atoms with Crippen LogP contribution in [0.15, 0.2) is 29.1 Å². The molecule has 0 aliphatic carbocycles. The summed E-state index contributed by atoms with van der Waals surface area (Å²) < 4.78 is 13.1. The standard InChI is InChI=1S/C19H24FN5O4/c1-23(12-13-2-4-14(20)5-3-13)18(29)15-16(27)17(28)22-19(21-15)25-8-6-24(7-9-25)10-11-26/h2-5,26-27H,6-12H2,1H3,(H,21,22,28). The van der Waals surface area contributed by atoms with E-state index >= 15 is 0 Å². The van der Waals surface area contributed by atoms with Gasteiger partial charge in [0.05, 0.1) is 6.61 Å². The summed E-state index contributed by atoms with van der Waals surface area (Å²) in [5, 5.41) is 19.1. The number of amides is 1. The Morgan fingerprint density at radius 1 is 1.24 bits per heavy atom. The SMILES string of the molecule is CN(Cc1ccc(F)cc1)C(=O)c1nc(N2CCN(CCO)CC2)[nH]c(=O)c1O. The summed E-state index contributed by atoms with van der Waals surface area (Å²) in [4.78, 5) is 36.9. The number of β-amino-alcohol motifs (C(OH)–C–C–N with tert-alkyl or cyclic N) is 1. The molecule has 1 aromatic carbocycles. The maximum absolute atomic E-state index is 13.1. The Hall–Kier alpha value is -2.98. The molecule has 2 heterocycles. The van der Waals surface area contributed by atoms with Crippen LogP contribution in [0.4, 0.5) is 10.3 Å². The number of benzene rings is 1. The predicted molar refractivity (Wildman–Crippen MR) is 104 cm³/mol. The minimum atomic E-state index is -0.786. The molecule has 2 aromatic rings. The second kappa shape index (κ2) is 9.01. The van der Waals surface area contributed by atoms with Crippen LogP contribution in [0.1, 0.15) is 16.1 Å². The van der Waals surface area contributed by atoms with Crippen molar-refractivity contribution in [3.63, 3.8) is 0 Å². The third-order valence-electron chi connectivity index (χ3n) is 4.85. The molecule has 0 spiro atoms. The van der Waals surface area contributed by atoms with Crippen LogP contribution in [-0.4, -0.2) is 82.3 Å². The Balaban J connectivity index is 1.77. The molecular formula is C19H24FN5O4. The summed E-state index contributed by atoms with van der Waals surface area (Å²) in [5.74, 6) is -1.50. The first-order valence-electron chi connectivity index (χ1n) is 9.30.